The van der Waals surface area contributed by atoms with Gasteiger partial charge in [0.2, 0.25) is 5.91 Å². The number of fused-ring (bicyclic) bond motifs is 1. The van der Waals surface area contributed by atoms with Crippen molar-refractivity contribution in [2.24, 2.45) is 5.41 Å². The number of hydrogen-bond acceptors (Lipinski definition) is 3. The van der Waals surface area contributed by atoms with E-state index in [1.165, 1.54) is 13.2 Å². The molecule has 1 aliphatic rings. The summed E-state index contributed by atoms with van der Waals surface area (Å²) in [7, 11) is 1.39. The number of carbonyl (C=O) groups excluding carboxylic acids is 1. The number of benzene rings is 1. The fourth-order valence-corrected chi connectivity index (χ4v) is 3.30. The summed E-state index contributed by atoms with van der Waals surface area (Å²) in [6.45, 7) is 2.39. The molecule has 3 aromatic rings. The molecule has 4 rings (SSSR count). The quantitative estimate of drug-likeness (QED) is 0.636. The van der Waals surface area contributed by atoms with Crippen LogP contribution in [-0.4, -0.2) is 23.0 Å². The van der Waals surface area contributed by atoms with E-state index >= 15 is 0 Å². The molecule has 1 saturated carbocycles. The molecule has 0 unspecified atom stereocenters. The lowest BCUT2D eigenvalue weighted by Crippen LogP contribution is -2.29. The molecule has 7 heteroatoms. The third-order valence-corrected chi connectivity index (χ3v) is 5.37. The standard InChI is InChI=1S/C20H19ClFN3O2/c1-20(5-6-20)19(26)23-10-12-7-11-8-14(21)13(9-16(11)24-12)15-3-4-17(27-2)18(22)25-15/h3-4,7-9,24H,5-6,10H2,1-2H3,(H,23,26). The molecule has 1 amide bonds. The van der Waals surface area contributed by atoms with Crippen LogP contribution in [0.15, 0.2) is 30.3 Å². The Hall–Kier alpha value is -2.60. The molecule has 2 N–H and O–H groups in total. The molecule has 5 nitrogen and oxygen atoms in total. The van der Waals surface area contributed by atoms with Crippen molar-refractivity contribution in [1.29, 1.82) is 0 Å². The number of H-pyrrole nitrogens is 1. The summed E-state index contributed by atoms with van der Waals surface area (Å²) in [5, 5.41) is 4.35. The molecule has 2 heterocycles. The Morgan fingerprint density at radius 3 is 2.81 bits per heavy atom. The van der Waals surface area contributed by atoms with Crippen LogP contribution in [0.1, 0.15) is 25.5 Å². The number of ether oxygens (including phenoxy) is 1. The SMILES string of the molecule is COc1ccc(-c2cc3[nH]c(CNC(=O)C4(C)CC4)cc3cc2Cl)nc1F. The number of methoxy groups -OCH3 is 1. The van der Waals surface area contributed by atoms with Crippen molar-refractivity contribution in [2.75, 3.05) is 7.11 Å². The molecule has 1 aliphatic carbocycles. The van der Waals surface area contributed by atoms with Crippen LogP contribution < -0.4 is 10.1 Å². The molecule has 1 aromatic carbocycles. The van der Waals surface area contributed by atoms with Crippen LogP contribution in [0.5, 0.6) is 5.75 Å². The van der Waals surface area contributed by atoms with Crippen molar-refractivity contribution in [3.63, 3.8) is 0 Å². The van der Waals surface area contributed by atoms with E-state index in [1.54, 1.807) is 12.1 Å². The second-order valence-electron chi connectivity index (χ2n) is 7.15. The first-order chi connectivity index (χ1) is 12.9. The highest BCUT2D eigenvalue weighted by atomic mass is 35.5. The van der Waals surface area contributed by atoms with E-state index in [-0.39, 0.29) is 17.1 Å². The highest BCUT2D eigenvalue weighted by Crippen LogP contribution is 2.45. The molecule has 0 spiro atoms. The monoisotopic (exact) mass is 387 g/mol. The maximum atomic E-state index is 13.9. The van der Waals surface area contributed by atoms with Crippen molar-refractivity contribution in [3.05, 3.63) is 47.0 Å². The number of rotatable bonds is 5. The summed E-state index contributed by atoms with van der Waals surface area (Å²) in [6.07, 6.45) is 1.88. The van der Waals surface area contributed by atoms with Crippen LogP contribution in [0.3, 0.4) is 0 Å². The number of nitrogens with one attached hydrogen (secondary N) is 2. The van der Waals surface area contributed by atoms with Crippen LogP contribution in [0, 0.1) is 11.4 Å². The number of amides is 1. The van der Waals surface area contributed by atoms with E-state index in [4.69, 9.17) is 16.3 Å². The molecule has 0 bridgehead atoms. The number of halogens is 2. The van der Waals surface area contributed by atoms with Gasteiger partial charge in [0.1, 0.15) is 0 Å². The smallest absolute Gasteiger partial charge is 0.255 e. The number of nitrogens with zero attached hydrogens (tertiary/aromatic N) is 1. The van der Waals surface area contributed by atoms with Crippen LogP contribution in [0.25, 0.3) is 22.2 Å². The highest BCUT2D eigenvalue weighted by molar-refractivity contribution is 6.34. The fourth-order valence-electron chi connectivity index (χ4n) is 3.03. The Bertz CT molecular complexity index is 1040. The number of aromatic nitrogens is 2. The van der Waals surface area contributed by atoms with E-state index in [2.05, 4.69) is 15.3 Å². The van der Waals surface area contributed by atoms with Crippen LogP contribution in [0.2, 0.25) is 5.02 Å². The summed E-state index contributed by atoms with van der Waals surface area (Å²) in [6, 6.07) is 8.77. The Labute approximate surface area is 160 Å². The molecule has 0 atom stereocenters. The van der Waals surface area contributed by atoms with Gasteiger partial charge in [0.15, 0.2) is 5.75 Å². The number of hydrogen-bond donors (Lipinski definition) is 2. The fraction of sp³-hybridized carbons (Fsp3) is 0.300. The largest absolute Gasteiger partial charge is 0.492 e. The van der Waals surface area contributed by atoms with Gasteiger partial charge in [-0.15, -0.1) is 0 Å². The first-order valence-corrected chi connectivity index (χ1v) is 9.08. The molecule has 2 aromatic heterocycles. The van der Waals surface area contributed by atoms with E-state index in [0.717, 1.165) is 29.4 Å². The Balaban J connectivity index is 1.61. The van der Waals surface area contributed by atoms with Crippen molar-refractivity contribution >= 4 is 28.4 Å². The van der Waals surface area contributed by atoms with Crippen molar-refractivity contribution in [2.45, 2.75) is 26.3 Å². The summed E-state index contributed by atoms with van der Waals surface area (Å²) in [5.41, 5.74) is 2.56. The molecule has 0 saturated heterocycles. The van der Waals surface area contributed by atoms with Crippen molar-refractivity contribution < 1.29 is 13.9 Å². The second kappa shape index (κ2) is 6.53. The summed E-state index contributed by atoms with van der Waals surface area (Å²) in [4.78, 5) is 19.3. The highest BCUT2D eigenvalue weighted by Gasteiger charge is 2.44. The van der Waals surface area contributed by atoms with Gasteiger partial charge in [-0.25, -0.2) is 4.98 Å². The van der Waals surface area contributed by atoms with Gasteiger partial charge >= 0.3 is 0 Å². The van der Waals surface area contributed by atoms with Crippen LogP contribution >= 0.6 is 11.6 Å². The van der Waals surface area contributed by atoms with Crippen molar-refractivity contribution in [3.8, 4) is 17.0 Å². The minimum atomic E-state index is -0.686. The number of aromatic amines is 1. The van der Waals surface area contributed by atoms with Crippen molar-refractivity contribution in [1.82, 2.24) is 15.3 Å². The third-order valence-electron chi connectivity index (χ3n) is 5.06. The molecule has 0 radical (unpaired) electrons. The van der Waals surface area contributed by atoms with Crippen LogP contribution in [-0.2, 0) is 11.3 Å². The average Bonchev–Trinajstić information content (AvgIpc) is 3.27. The topological polar surface area (TPSA) is 67.0 Å². The Morgan fingerprint density at radius 2 is 2.15 bits per heavy atom. The third kappa shape index (κ3) is 3.37. The van der Waals surface area contributed by atoms with Gasteiger partial charge in [-0.3, -0.25) is 4.79 Å². The normalized spacial score (nSPS) is 15.0. The zero-order chi connectivity index (χ0) is 19.2. The van der Waals surface area contributed by atoms with E-state index in [0.29, 0.717) is 22.8 Å². The lowest BCUT2D eigenvalue weighted by atomic mass is 10.1. The van der Waals surface area contributed by atoms with Gasteiger partial charge in [-0.2, -0.15) is 4.39 Å². The molecular formula is C20H19ClFN3O2. The summed E-state index contributed by atoms with van der Waals surface area (Å²) >= 11 is 6.39. The van der Waals surface area contributed by atoms with Gasteiger partial charge in [0, 0.05) is 27.6 Å². The van der Waals surface area contributed by atoms with Gasteiger partial charge in [0.05, 0.1) is 24.4 Å². The molecule has 27 heavy (non-hydrogen) atoms. The average molecular weight is 388 g/mol. The minimum Gasteiger partial charge on any atom is -0.492 e. The van der Waals surface area contributed by atoms with E-state index < -0.39 is 5.95 Å². The lowest BCUT2D eigenvalue weighted by Gasteiger charge is -2.08. The number of pyridine rings is 1. The minimum absolute atomic E-state index is 0.0813. The Kier molecular flexibility index (Phi) is 4.30. The van der Waals surface area contributed by atoms with Crippen LogP contribution in [0.4, 0.5) is 4.39 Å². The Morgan fingerprint density at radius 1 is 1.37 bits per heavy atom. The zero-order valence-electron chi connectivity index (χ0n) is 15.0. The van der Waals surface area contributed by atoms with Gasteiger partial charge in [0.25, 0.3) is 5.95 Å². The first kappa shape index (κ1) is 17.8. The lowest BCUT2D eigenvalue weighted by molar-refractivity contribution is -0.125. The summed E-state index contributed by atoms with van der Waals surface area (Å²) in [5.74, 6) is -0.523. The molecule has 0 aliphatic heterocycles. The van der Waals surface area contributed by atoms with E-state index in [9.17, 15) is 9.18 Å². The molecule has 140 valence electrons. The van der Waals surface area contributed by atoms with Gasteiger partial charge in [-0.05, 0) is 43.2 Å². The first-order valence-electron chi connectivity index (χ1n) is 8.70. The second-order valence-corrected chi connectivity index (χ2v) is 7.55. The molecular weight excluding hydrogens is 369 g/mol. The van der Waals surface area contributed by atoms with Gasteiger partial charge in [-0.1, -0.05) is 18.5 Å². The molecule has 1 fully saturated rings. The number of carbonyl (C=O) groups is 1. The predicted molar refractivity (Wildman–Crippen MR) is 102 cm³/mol. The maximum absolute atomic E-state index is 13.9. The van der Waals surface area contributed by atoms with Gasteiger partial charge < -0.3 is 15.0 Å². The zero-order valence-corrected chi connectivity index (χ0v) is 15.8. The predicted octanol–water partition coefficient (Wildman–Crippen LogP) is 4.45. The maximum Gasteiger partial charge on any atom is 0.255 e. The summed E-state index contributed by atoms with van der Waals surface area (Å²) < 4.78 is 18.8. The van der Waals surface area contributed by atoms with E-state index in [1.807, 2.05) is 19.1 Å².